The largest absolute Gasteiger partial charge is 0.389 e. The van der Waals surface area contributed by atoms with Crippen LogP contribution in [0.2, 0.25) is 0 Å². The monoisotopic (exact) mass is 233 g/mol. The first kappa shape index (κ1) is 12.4. The van der Waals surface area contributed by atoms with Gasteiger partial charge in [0.2, 0.25) is 0 Å². The van der Waals surface area contributed by atoms with Crippen molar-refractivity contribution in [1.29, 1.82) is 0 Å². The SMILES string of the molecule is C[C@@H](O)/C=C/[C@@H](C1CCCCC1)n1cccc1. The van der Waals surface area contributed by atoms with Crippen LogP contribution in [0.3, 0.4) is 0 Å². The van der Waals surface area contributed by atoms with Crippen molar-refractivity contribution in [3.8, 4) is 0 Å². The van der Waals surface area contributed by atoms with Crippen LogP contribution in [0.15, 0.2) is 36.7 Å². The van der Waals surface area contributed by atoms with Gasteiger partial charge in [-0.2, -0.15) is 0 Å². The molecule has 1 saturated carbocycles. The molecule has 1 aliphatic rings. The number of aliphatic hydroxyl groups is 1. The summed E-state index contributed by atoms with van der Waals surface area (Å²) in [7, 11) is 0. The predicted octanol–water partition coefficient (Wildman–Crippen LogP) is 3.55. The van der Waals surface area contributed by atoms with Gasteiger partial charge in [-0.25, -0.2) is 0 Å². The number of nitrogens with zero attached hydrogens (tertiary/aromatic N) is 1. The standard InChI is InChI=1S/C15H23NO/c1-13(17)9-10-15(16-11-5-6-12-16)14-7-3-2-4-8-14/h5-6,9-15,17H,2-4,7-8H2,1H3/b10-9+/t13-,15+/m1/s1. The molecule has 0 aliphatic heterocycles. The van der Waals surface area contributed by atoms with Gasteiger partial charge in [0.15, 0.2) is 0 Å². The smallest absolute Gasteiger partial charge is 0.0693 e. The fourth-order valence-electron chi connectivity index (χ4n) is 2.80. The van der Waals surface area contributed by atoms with Crippen LogP contribution in [0.25, 0.3) is 0 Å². The Kier molecular flexibility index (Phi) is 4.43. The van der Waals surface area contributed by atoms with E-state index < -0.39 is 0 Å². The maximum Gasteiger partial charge on any atom is 0.0693 e. The molecule has 2 nitrogen and oxygen atoms in total. The molecular weight excluding hydrogens is 210 g/mol. The Morgan fingerprint density at radius 3 is 2.35 bits per heavy atom. The van der Waals surface area contributed by atoms with Gasteiger partial charge in [-0.1, -0.05) is 31.4 Å². The molecule has 94 valence electrons. The van der Waals surface area contributed by atoms with Gasteiger partial charge in [0.1, 0.15) is 0 Å². The molecule has 17 heavy (non-hydrogen) atoms. The molecule has 1 aliphatic carbocycles. The zero-order valence-electron chi connectivity index (χ0n) is 10.6. The van der Waals surface area contributed by atoms with Gasteiger partial charge < -0.3 is 9.67 Å². The quantitative estimate of drug-likeness (QED) is 0.790. The summed E-state index contributed by atoms with van der Waals surface area (Å²) in [5.74, 6) is 0.728. The van der Waals surface area contributed by atoms with Crippen LogP contribution in [0.4, 0.5) is 0 Å². The van der Waals surface area contributed by atoms with Crippen molar-refractivity contribution in [2.45, 2.75) is 51.2 Å². The molecule has 1 aromatic heterocycles. The van der Waals surface area contributed by atoms with E-state index in [1.807, 2.05) is 13.0 Å². The van der Waals surface area contributed by atoms with E-state index in [9.17, 15) is 5.11 Å². The lowest BCUT2D eigenvalue weighted by atomic mass is 9.83. The van der Waals surface area contributed by atoms with Crippen molar-refractivity contribution >= 4 is 0 Å². The summed E-state index contributed by atoms with van der Waals surface area (Å²) < 4.78 is 2.27. The average Bonchev–Trinajstić information content (AvgIpc) is 2.84. The molecule has 0 saturated heterocycles. The van der Waals surface area contributed by atoms with Crippen molar-refractivity contribution < 1.29 is 5.11 Å². The highest BCUT2D eigenvalue weighted by atomic mass is 16.3. The number of allylic oxidation sites excluding steroid dienone is 1. The van der Waals surface area contributed by atoms with Gasteiger partial charge in [0, 0.05) is 12.4 Å². The van der Waals surface area contributed by atoms with Crippen molar-refractivity contribution in [3.63, 3.8) is 0 Å². The zero-order chi connectivity index (χ0) is 12.1. The van der Waals surface area contributed by atoms with Gasteiger partial charge in [0.25, 0.3) is 0 Å². The molecule has 2 rings (SSSR count). The molecule has 0 unspecified atom stereocenters. The van der Waals surface area contributed by atoms with Gasteiger partial charge in [-0.05, 0) is 37.8 Å². The fraction of sp³-hybridized carbons (Fsp3) is 0.600. The van der Waals surface area contributed by atoms with Crippen molar-refractivity contribution in [2.24, 2.45) is 5.92 Å². The summed E-state index contributed by atoms with van der Waals surface area (Å²) in [5.41, 5.74) is 0. The summed E-state index contributed by atoms with van der Waals surface area (Å²) in [6, 6.07) is 4.57. The predicted molar refractivity (Wildman–Crippen MR) is 70.9 cm³/mol. The lowest BCUT2D eigenvalue weighted by Crippen LogP contribution is -2.19. The molecule has 0 aromatic carbocycles. The maximum atomic E-state index is 9.40. The summed E-state index contributed by atoms with van der Waals surface area (Å²) >= 11 is 0. The average molecular weight is 233 g/mol. The molecule has 2 atom stereocenters. The summed E-state index contributed by atoms with van der Waals surface area (Å²) in [5, 5.41) is 9.40. The van der Waals surface area contributed by atoms with Crippen LogP contribution in [-0.4, -0.2) is 15.8 Å². The molecule has 1 N–H and O–H groups in total. The lowest BCUT2D eigenvalue weighted by Gasteiger charge is -2.29. The maximum absolute atomic E-state index is 9.40. The molecule has 1 fully saturated rings. The minimum Gasteiger partial charge on any atom is -0.389 e. The van der Waals surface area contributed by atoms with Crippen molar-refractivity contribution in [3.05, 3.63) is 36.7 Å². The third-order valence-corrected chi connectivity index (χ3v) is 3.69. The zero-order valence-corrected chi connectivity index (χ0v) is 10.6. The van der Waals surface area contributed by atoms with E-state index in [0.29, 0.717) is 6.04 Å². The van der Waals surface area contributed by atoms with E-state index in [2.05, 4.69) is 35.2 Å². The number of aliphatic hydroxyl groups excluding tert-OH is 1. The second kappa shape index (κ2) is 6.06. The second-order valence-electron chi connectivity index (χ2n) is 5.14. The number of hydrogen-bond donors (Lipinski definition) is 1. The Hall–Kier alpha value is -1.02. The molecule has 0 bridgehead atoms. The van der Waals surface area contributed by atoms with Gasteiger partial charge >= 0.3 is 0 Å². The molecule has 0 radical (unpaired) electrons. The van der Waals surface area contributed by atoms with Gasteiger partial charge in [0.05, 0.1) is 12.1 Å². The van der Waals surface area contributed by atoms with E-state index in [-0.39, 0.29) is 6.10 Å². The Morgan fingerprint density at radius 2 is 1.76 bits per heavy atom. The number of rotatable bonds is 4. The van der Waals surface area contributed by atoms with E-state index in [4.69, 9.17) is 0 Å². The third kappa shape index (κ3) is 3.47. The molecule has 0 amide bonds. The van der Waals surface area contributed by atoms with Crippen LogP contribution < -0.4 is 0 Å². The van der Waals surface area contributed by atoms with E-state index in [0.717, 1.165) is 5.92 Å². The summed E-state index contributed by atoms with van der Waals surface area (Å²) in [6.07, 6.45) is 14.7. The molecular formula is C15H23NO. The van der Waals surface area contributed by atoms with Crippen molar-refractivity contribution in [2.75, 3.05) is 0 Å². The Balaban J connectivity index is 2.11. The Morgan fingerprint density at radius 1 is 1.12 bits per heavy atom. The molecule has 0 spiro atoms. The van der Waals surface area contributed by atoms with Crippen LogP contribution in [0, 0.1) is 5.92 Å². The Bertz CT molecular complexity index is 334. The topological polar surface area (TPSA) is 25.2 Å². The highest BCUT2D eigenvalue weighted by Gasteiger charge is 2.22. The second-order valence-corrected chi connectivity index (χ2v) is 5.14. The number of aromatic nitrogens is 1. The van der Waals surface area contributed by atoms with Crippen LogP contribution >= 0.6 is 0 Å². The highest BCUT2D eigenvalue weighted by Crippen LogP contribution is 2.33. The van der Waals surface area contributed by atoms with Crippen molar-refractivity contribution in [1.82, 2.24) is 4.57 Å². The lowest BCUT2D eigenvalue weighted by molar-refractivity contribution is 0.240. The Labute approximate surface area is 104 Å². The van der Waals surface area contributed by atoms with Crippen LogP contribution in [0.1, 0.15) is 45.1 Å². The third-order valence-electron chi connectivity index (χ3n) is 3.69. The minimum absolute atomic E-state index is 0.350. The highest BCUT2D eigenvalue weighted by molar-refractivity contribution is 5.03. The number of hydrogen-bond acceptors (Lipinski definition) is 1. The summed E-state index contributed by atoms with van der Waals surface area (Å²) in [4.78, 5) is 0. The summed E-state index contributed by atoms with van der Waals surface area (Å²) in [6.45, 7) is 1.81. The molecule has 2 heteroatoms. The first-order valence-corrected chi connectivity index (χ1v) is 6.76. The van der Waals surface area contributed by atoms with Crippen LogP contribution in [0.5, 0.6) is 0 Å². The van der Waals surface area contributed by atoms with Crippen LogP contribution in [-0.2, 0) is 0 Å². The van der Waals surface area contributed by atoms with E-state index in [1.54, 1.807) is 0 Å². The van der Waals surface area contributed by atoms with E-state index in [1.165, 1.54) is 32.1 Å². The fourth-order valence-corrected chi connectivity index (χ4v) is 2.80. The van der Waals surface area contributed by atoms with Gasteiger partial charge in [-0.15, -0.1) is 0 Å². The van der Waals surface area contributed by atoms with Gasteiger partial charge in [-0.3, -0.25) is 0 Å². The minimum atomic E-state index is -0.350. The first-order valence-electron chi connectivity index (χ1n) is 6.76. The molecule has 1 aromatic rings. The van der Waals surface area contributed by atoms with E-state index >= 15 is 0 Å². The normalized spacial score (nSPS) is 21.8. The first-order chi connectivity index (χ1) is 8.27. The molecule has 1 heterocycles.